The lowest BCUT2D eigenvalue weighted by atomic mass is 9.90. The number of piperidine rings is 1. The molecule has 8 heteroatoms. The Morgan fingerprint density at radius 2 is 1.96 bits per heavy atom. The molecule has 1 spiro atoms. The van der Waals surface area contributed by atoms with Crippen LogP contribution in [0.25, 0.3) is 0 Å². The summed E-state index contributed by atoms with van der Waals surface area (Å²) in [7, 11) is 0. The number of nitrogens with zero attached hydrogens (tertiary/aromatic N) is 2. The van der Waals surface area contributed by atoms with Crippen molar-refractivity contribution in [3.63, 3.8) is 0 Å². The van der Waals surface area contributed by atoms with Gasteiger partial charge in [0.05, 0.1) is 13.1 Å². The number of hydrogen-bond acceptors (Lipinski definition) is 3. The van der Waals surface area contributed by atoms with E-state index in [9.17, 15) is 22.8 Å². The lowest BCUT2D eigenvalue weighted by molar-refractivity contribution is -0.170. The second-order valence-corrected chi connectivity index (χ2v) is 6.82. The summed E-state index contributed by atoms with van der Waals surface area (Å²) in [6.07, 6.45) is 0.507. The average molecular weight is 370 g/mol. The van der Waals surface area contributed by atoms with Gasteiger partial charge in [-0.3, -0.25) is 9.59 Å². The third-order valence-electron chi connectivity index (χ3n) is 4.97. The minimum absolute atomic E-state index is 0.00635. The maximum atomic E-state index is 13.8. The standard InChI is InChI=1S/C18H21F3N2O3/c1-2-18(20,21)16(25)22-9-3-8-17(11-22)12-23(15(24)10-26-17)14-6-4-13(19)5-7-14/h4-7H,2-3,8-12H2,1H3. The maximum Gasteiger partial charge on any atom is 0.324 e. The first kappa shape index (κ1) is 18.7. The van der Waals surface area contributed by atoms with E-state index < -0.39 is 29.7 Å². The van der Waals surface area contributed by atoms with Crippen LogP contribution in [-0.4, -0.2) is 54.5 Å². The van der Waals surface area contributed by atoms with Crippen molar-refractivity contribution in [3.05, 3.63) is 30.1 Å². The van der Waals surface area contributed by atoms with Gasteiger partial charge in [0.2, 0.25) is 0 Å². The normalized spacial score (nSPS) is 24.2. The van der Waals surface area contributed by atoms with E-state index in [1.165, 1.54) is 36.1 Å². The van der Waals surface area contributed by atoms with Crippen molar-refractivity contribution < 1.29 is 27.5 Å². The minimum atomic E-state index is -3.40. The third kappa shape index (κ3) is 3.56. The van der Waals surface area contributed by atoms with Crippen LogP contribution in [0.15, 0.2) is 24.3 Å². The summed E-state index contributed by atoms with van der Waals surface area (Å²) in [5.41, 5.74) is -0.374. The van der Waals surface area contributed by atoms with Crippen LogP contribution in [0, 0.1) is 5.82 Å². The highest BCUT2D eigenvalue weighted by Crippen LogP contribution is 2.33. The second-order valence-electron chi connectivity index (χ2n) is 6.82. The summed E-state index contributed by atoms with van der Waals surface area (Å²) in [5, 5.41) is 0. The Labute approximate surface area is 149 Å². The molecule has 2 saturated heterocycles. The second kappa shape index (κ2) is 6.90. The molecule has 2 amide bonds. The number of ether oxygens (including phenoxy) is 1. The zero-order valence-corrected chi connectivity index (χ0v) is 14.5. The molecule has 0 bridgehead atoms. The summed E-state index contributed by atoms with van der Waals surface area (Å²) in [6.45, 7) is 1.45. The van der Waals surface area contributed by atoms with Gasteiger partial charge in [-0.05, 0) is 37.1 Å². The fourth-order valence-electron chi connectivity index (χ4n) is 3.47. The first-order chi connectivity index (χ1) is 12.3. The molecule has 142 valence electrons. The number of morpholine rings is 1. The minimum Gasteiger partial charge on any atom is -0.361 e. The van der Waals surface area contributed by atoms with Gasteiger partial charge in [-0.15, -0.1) is 0 Å². The van der Waals surface area contributed by atoms with Gasteiger partial charge >= 0.3 is 5.92 Å². The van der Waals surface area contributed by atoms with E-state index in [1.54, 1.807) is 0 Å². The average Bonchev–Trinajstić information content (AvgIpc) is 2.64. The van der Waals surface area contributed by atoms with Gasteiger partial charge in [-0.1, -0.05) is 6.92 Å². The highest BCUT2D eigenvalue weighted by Gasteiger charge is 2.48. The predicted molar refractivity (Wildman–Crippen MR) is 88.5 cm³/mol. The molecule has 1 aromatic carbocycles. The molecule has 0 N–H and O–H groups in total. The maximum absolute atomic E-state index is 13.8. The molecular weight excluding hydrogens is 349 g/mol. The molecule has 0 radical (unpaired) electrons. The molecule has 26 heavy (non-hydrogen) atoms. The van der Waals surface area contributed by atoms with Gasteiger partial charge < -0.3 is 14.5 Å². The molecule has 2 aliphatic rings. The summed E-state index contributed by atoms with van der Waals surface area (Å²) in [5.74, 6) is -5.31. The van der Waals surface area contributed by atoms with Crippen LogP contribution in [-0.2, 0) is 14.3 Å². The Morgan fingerprint density at radius 3 is 2.62 bits per heavy atom. The van der Waals surface area contributed by atoms with Crippen molar-refractivity contribution in [2.75, 3.05) is 31.1 Å². The van der Waals surface area contributed by atoms with Crippen LogP contribution in [0.2, 0.25) is 0 Å². The lowest BCUT2D eigenvalue weighted by Gasteiger charge is -2.48. The van der Waals surface area contributed by atoms with Crippen molar-refractivity contribution in [1.29, 1.82) is 0 Å². The number of rotatable bonds is 3. The monoisotopic (exact) mass is 370 g/mol. The number of amides is 2. The largest absolute Gasteiger partial charge is 0.361 e. The first-order valence-electron chi connectivity index (χ1n) is 8.63. The van der Waals surface area contributed by atoms with Crippen LogP contribution < -0.4 is 4.90 Å². The Balaban J connectivity index is 1.79. The highest BCUT2D eigenvalue weighted by atomic mass is 19.3. The molecule has 1 aromatic rings. The van der Waals surface area contributed by atoms with Crippen molar-refractivity contribution >= 4 is 17.5 Å². The summed E-state index contributed by atoms with van der Waals surface area (Å²) in [4.78, 5) is 27.0. The van der Waals surface area contributed by atoms with E-state index in [2.05, 4.69) is 0 Å². The predicted octanol–water partition coefficient (Wildman–Crippen LogP) is 2.60. The molecule has 0 aliphatic carbocycles. The van der Waals surface area contributed by atoms with Crippen LogP contribution in [0.1, 0.15) is 26.2 Å². The molecule has 1 atom stereocenters. The van der Waals surface area contributed by atoms with Gasteiger partial charge in [-0.25, -0.2) is 4.39 Å². The molecule has 2 aliphatic heterocycles. The first-order valence-corrected chi connectivity index (χ1v) is 8.63. The van der Waals surface area contributed by atoms with Crippen molar-refractivity contribution in [2.24, 2.45) is 0 Å². The number of alkyl halides is 2. The zero-order valence-electron chi connectivity index (χ0n) is 14.5. The van der Waals surface area contributed by atoms with Crippen molar-refractivity contribution in [2.45, 2.75) is 37.7 Å². The molecule has 2 fully saturated rings. The van der Waals surface area contributed by atoms with E-state index in [0.717, 1.165) is 4.90 Å². The molecule has 1 unspecified atom stereocenters. The van der Waals surface area contributed by atoms with Crippen molar-refractivity contribution in [1.82, 2.24) is 4.90 Å². The number of carbonyl (C=O) groups is 2. The summed E-state index contributed by atoms with van der Waals surface area (Å²) < 4.78 is 46.4. The molecule has 3 rings (SSSR count). The number of hydrogen-bond donors (Lipinski definition) is 0. The van der Waals surface area contributed by atoms with Crippen LogP contribution in [0.5, 0.6) is 0 Å². The Hall–Kier alpha value is -2.09. The van der Waals surface area contributed by atoms with Crippen LogP contribution >= 0.6 is 0 Å². The number of carbonyl (C=O) groups excluding carboxylic acids is 2. The van der Waals surface area contributed by atoms with Gasteiger partial charge in [0.25, 0.3) is 11.8 Å². The van der Waals surface area contributed by atoms with E-state index in [4.69, 9.17) is 4.74 Å². The Bertz CT molecular complexity index is 695. The fraction of sp³-hybridized carbons (Fsp3) is 0.556. The number of likely N-dealkylation sites (tertiary alicyclic amines) is 1. The highest BCUT2D eigenvalue weighted by molar-refractivity contribution is 5.95. The molecule has 5 nitrogen and oxygen atoms in total. The van der Waals surface area contributed by atoms with E-state index in [-0.39, 0.29) is 32.1 Å². The smallest absolute Gasteiger partial charge is 0.324 e. The zero-order chi connectivity index (χ0) is 18.9. The van der Waals surface area contributed by atoms with Crippen LogP contribution in [0.3, 0.4) is 0 Å². The Morgan fingerprint density at radius 1 is 1.27 bits per heavy atom. The topological polar surface area (TPSA) is 49.9 Å². The van der Waals surface area contributed by atoms with Gasteiger partial charge in [-0.2, -0.15) is 8.78 Å². The van der Waals surface area contributed by atoms with Gasteiger partial charge in [0.1, 0.15) is 18.0 Å². The van der Waals surface area contributed by atoms with E-state index >= 15 is 0 Å². The summed E-state index contributed by atoms with van der Waals surface area (Å²) in [6, 6.07) is 5.49. The number of anilines is 1. The molecule has 2 heterocycles. The fourth-order valence-corrected chi connectivity index (χ4v) is 3.47. The number of halogens is 3. The summed E-state index contributed by atoms with van der Waals surface area (Å²) >= 11 is 0. The van der Waals surface area contributed by atoms with Crippen molar-refractivity contribution in [3.8, 4) is 0 Å². The SMILES string of the molecule is CCC(F)(F)C(=O)N1CCCC2(C1)CN(c1ccc(F)cc1)C(=O)CO2. The van der Waals surface area contributed by atoms with Gasteiger partial charge in [0.15, 0.2) is 0 Å². The van der Waals surface area contributed by atoms with E-state index in [0.29, 0.717) is 18.5 Å². The van der Waals surface area contributed by atoms with Gasteiger partial charge in [0, 0.05) is 18.7 Å². The molecule has 0 aromatic heterocycles. The quantitative estimate of drug-likeness (QED) is 0.822. The number of benzene rings is 1. The molecule has 0 saturated carbocycles. The van der Waals surface area contributed by atoms with Crippen LogP contribution in [0.4, 0.5) is 18.9 Å². The Kier molecular flexibility index (Phi) is 4.96. The lowest BCUT2D eigenvalue weighted by Crippen LogP contribution is -2.63. The molecular formula is C18H21F3N2O3. The third-order valence-corrected chi connectivity index (χ3v) is 4.97. The van der Waals surface area contributed by atoms with E-state index in [1.807, 2.05) is 0 Å².